The Labute approximate surface area is 153 Å². The third-order valence-electron chi connectivity index (χ3n) is 3.07. The Hall–Kier alpha value is -1.86. The molecular weight excluding hydrogens is 375 g/mol. The van der Waals surface area contributed by atoms with Crippen LogP contribution < -0.4 is 16.4 Å². The zero-order valence-electron chi connectivity index (χ0n) is 12.2. The Morgan fingerprint density at radius 3 is 2.25 bits per heavy atom. The first-order valence-corrected chi connectivity index (χ1v) is 7.82. The molecule has 4 N–H and O–H groups in total. The monoisotopic (exact) mass is 386 g/mol. The molecule has 0 fully saturated rings. The van der Waals surface area contributed by atoms with Crippen LogP contribution in [0.5, 0.6) is 0 Å². The Bertz CT molecular complexity index is 723. The Morgan fingerprint density at radius 2 is 1.71 bits per heavy atom. The molecule has 0 unspecified atom stereocenters. The number of nitrogens with zero attached hydrogens (tertiary/aromatic N) is 1. The minimum absolute atomic E-state index is 0.260. The van der Waals surface area contributed by atoms with Crippen molar-refractivity contribution in [3.8, 4) is 0 Å². The van der Waals surface area contributed by atoms with E-state index in [1.807, 2.05) is 0 Å². The van der Waals surface area contributed by atoms with Crippen molar-refractivity contribution in [2.24, 2.45) is 5.73 Å². The molecule has 9 heteroatoms. The van der Waals surface area contributed by atoms with Crippen LogP contribution in [0.2, 0.25) is 0 Å². The molecule has 0 radical (unpaired) electrons. The molecule has 1 atom stereocenters. The lowest BCUT2D eigenvalue weighted by atomic mass is 10.1. The summed E-state index contributed by atoms with van der Waals surface area (Å²) in [5.41, 5.74) is 4.23. The molecule has 0 saturated heterocycles. The van der Waals surface area contributed by atoms with Gasteiger partial charge in [-0.05, 0) is 24.3 Å². The van der Waals surface area contributed by atoms with Gasteiger partial charge in [0, 0.05) is 11.8 Å². The number of rotatable bonds is 4. The lowest BCUT2D eigenvalue weighted by Gasteiger charge is -2.34. The van der Waals surface area contributed by atoms with Gasteiger partial charge in [-0.15, -0.1) is 0 Å². The summed E-state index contributed by atoms with van der Waals surface area (Å²) in [5, 5.41) is 4.73. The Morgan fingerprint density at radius 1 is 1.04 bits per heavy atom. The number of carbonyl (C=O) groups excluding carboxylic acids is 2. The maximum atomic E-state index is 12.5. The van der Waals surface area contributed by atoms with Gasteiger partial charge in [0.2, 0.25) is 9.46 Å². The molecule has 0 spiro atoms. The smallest absolute Gasteiger partial charge is 0.269 e. The highest BCUT2D eigenvalue weighted by atomic mass is 35.6. The van der Waals surface area contributed by atoms with Gasteiger partial charge in [-0.2, -0.15) is 0 Å². The Balaban J connectivity index is 2.26. The summed E-state index contributed by atoms with van der Waals surface area (Å²) >= 11 is 17.5. The summed E-state index contributed by atoms with van der Waals surface area (Å²) in [6.07, 6.45) is 2.91. The van der Waals surface area contributed by atoms with Gasteiger partial charge in [0.1, 0.15) is 0 Å². The average Bonchev–Trinajstić information content (AvgIpc) is 2.55. The summed E-state index contributed by atoms with van der Waals surface area (Å²) < 4.78 is -2.30. The number of anilines is 1. The van der Waals surface area contributed by atoms with Crippen LogP contribution in [0.4, 0.5) is 5.69 Å². The van der Waals surface area contributed by atoms with Crippen molar-refractivity contribution in [3.05, 3.63) is 60.4 Å². The number of nitrogens with one attached hydrogen (secondary N) is 2. The molecule has 1 aromatic heterocycles. The van der Waals surface area contributed by atoms with Crippen molar-refractivity contribution in [1.29, 1.82) is 0 Å². The fraction of sp³-hybridized carbons (Fsp3) is 0.133. The Kier molecular flexibility index (Phi) is 5.66. The molecule has 0 saturated carbocycles. The molecule has 0 aliphatic carbocycles. The van der Waals surface area contributed by atoms with E-state index >= 15 is 0 Å². The fourth-order valence-electron chi connectivity index (χ4n) is 1.76. The quantitative estimate of drug-likeness (QED) is 0.554. The van der Waals surface area contributed by atoms with E-state index in [0.717, 1.165) is 0 Å². The molecule has 2 aromatic rings. The highest BCUT2D eigenvalue weighted by molar-refractivity contribution is 6.69. The lowest BCUT2D eigenvalue weighted by Crippen LogP contribution is -2.70. The van der Waals surface area contributed by atoms with E-state index in [2.05, 4.69) is 15.6 Å². The van der Waals surface area contributed by atoms with Gasteiger partial charge in [0.25, 0.3) is 11.8 Å². The molecule has 1 aromatic carbocycles. The first-order chi connectivity index (χ1) is 11.2. The minimum atomic E-state index is -2.31. The van der Waals surface area contributed by atoms with Gasteiger partial charge < -0.3 is 10.6 Å². The largest absolute Gasteiger partial charge is 0.322 e. The summed E-state index contributed by atoms with van der Waals surface area (Å²) in [4.78, 5) is 28.7. The molecule has 0 bridgehead atoms. The zero-order chi connectivity index (χ0) is 17.8. The highest BCUT2D eigenvalue weighted by Crippen LogP contribution is 2.36. The number of nitrogens with two attached hydrogens (primary N) is 1. The van der Waals surface area contributed by atoms with Crippen LogP contribution in [-0.2, 0) is 4.79 Å². The number of aromatic nitrogens is 1. The van der Waals surface area contributed by atoms with Crippen LogP contribution in [0.3, 0.4) is 0 Å². The van der Waals surface area contributed by atoms with Crippen LogP contribution >= 0.6 is 34.8 Å². The molecule has 0 aliphatic heterocycles. The molecule has 126 valence electrons. The number of amides is 2. The molecule has 2 rings (SSSR count). The number of hydrogen-bond acceptors (Lipinski definition) is 4. The van der Waals surface area contributed by atoms with Gasteiger partial charge in [0.05, 0.1) is 11.9 Å². The second-order valence-corrected chi connectivity index (χ2v) is 7.10. The SMILES string of the molecule is N[C@@](NC(=O)c1ccccc1)(C(=O)Nc1cccnc1)C(Cl)(Cl)Cl. The van der Waals surface area contributed by atoms with E-state index < -0.39 is 21.3 Å². The molecule has 0 aliphatic rings. The van der Waals surface area contributed by atoms with Gasteiger partial charge in [-0.1, -0.05) is 53.0 Å². The van der Waals surface area contributed by atoms with Crippen LogP contribution in [0.1, 0.15) is 10.4 Å². The lowest BCUT2D eigenvalue weighted by molar-refractivity contribution is -0.121. The molecular formula is C15H13Cl3N4O2. The van der Waals surface area contributed by atoms with E-state index in [4.69, 9.17) is 40.5 Å². The molecule has 1 heterocycles. The third kappa shape index (κ3) is 4.15. The van der Waals surface area contributed by atoms with E-state index in [0.29, 0.717) is 5.69 Å². The number of pyridine rings is 1. The number of alkyl halides is 3. The molecule has 6 nitrogen and oxygen atoms in total. The van der Waals surface area contributed by atoms with Crippen LogP contribution in [0.25, 0.3) is 0 Å². The summed E-state index contributed by atoms with van der Waals surface area (Å²) in [6.45, 7) is 0. The van der Waals surface area contributed by atoms with Crippen LogP contribution in [0.15, 0.2) is 54.9 Å². The fourth-order valence-corrected chi connectivity index (χ4v) is 2.16. The van der Waals surface area contributed by atoms with Crippen molar-refractivity contribution in [1.82, 2.24) is 10.3 Å². The van der Waals surface area contributed by atoms with E-state index in [1.54, 1.807) is 30.3 Å². The maximum absolute atomic E-state index is 12.5. The van der Waals surface area contributed by atoms with Crippen molar-refractivity contribution in [3.63, 3.8) is 0 Å². The number of carbonyl (C=O) groups is 2. The zero-order valence-corrected chi connectivity index (χ0v) is 14.4. The normalized spacial score (nSPS) is 13.7. The third-order valence-corrected chi connectivity index (χ3v) is 3.97. The first-order valence-electron chi connectivity index (χ1n) is 6.68. The average molecular weight is 388 g/mol. The maximum Gasteiger partial charge on any atom is 0.269 e. The van der Waals surface area contributed by atoms with E-state index in [9.17, 15) is 9.59 Å². The number of benzene rings is 1. The highest BCUT2D eigenvalue weighted by Gasteiger charge is 2.53. The van der Waals surface area contributed by atoms with E-state index in [-0.39, 0.29) is 5.56 Å². The second-order valence-electron chi connectivity index (χ2n) is 4.82. The van der Waals surface area contributed by atoms with Crippen LogP contribution in [-0.4, -0.2) is 26.3 Å². The van der Waals surface area contributed by atoms with E-state index in [1.165, 1.54) is 24.5 Å². The van der Waals surface area contributed by atoms with Crippen LogP contribution in [0, 0.1) is 0 Å². The topological polar surface area (TPSA) is 97.1 Å². The second kappa shape index (κ2) is 7.36. The van der Waals surface area contributed by atoms with Gasteiger partial charge >= 0.3 is 0 Å². The van der Waals surface area contributed by atoms with Gasteiger partial charge in [-0.25, -0.2) is 0 Å². The predicted molar refractivity (Wildman–Crippen MR) is 94.0 cm³/mol. The summed E-state index contributed by atoms with van der Waals surface area (Å²) in [5.74, 6) is -1.56. The van der Waals surface area contributed by atoms with Crippen molar-refractivity contribution in [2.45, 2.75) is 9.46 Å². The van der Waals surface area contributed by atoms with Crippen molar-refractivity contribution < 1.29 is 9.59 Å². The minimum Gasteiger partial charge on any atom is -0.322 e. The predicted octanol–water partition coefficient (Wildman–Crippen LogP) is 2.48. The number of hydrogen-bond donors (Lipinski definition) is 3. The molecule has 24 heavy (non-hydrogen) atoms. The number of halogens is 3. The summed E-state index contributed by atoms with van der Waals surface area (Å²) in [6, 6.07) is 11.3. The van der Waals surface area contributed by atoms with Crippen molar-refractivity contribution >= 4 is 52.3 Å². The van der Waals surface area contributed by atoms with Gasteiger partial charge in [0.15, 0.2) is 0 Å². The first kappa shape index (κ1) is 18.5. The van der Waals surface area contributed by atoms with Crippen molar-refractivity contribution in [2.75, 3.05) is 5.32 Å². The van der Waals surface area contributed by atoms with Gasteiger partial charge in [-0.3, -0.25) is 20.3 Å². The summed E-state index contributed by atoms with van der Waals surface area (Å²) in [7, 11) is 0. The molecule has 2 amide bonds. The standard InChI is InChI=1S/C15H13Cl3N4O2/c16-15(17,18)14(19,13(24)21-11-7-4-8-20-9-11)22-12(23)10-5-2-1-3-6-10/h1-9H,19H2,(H,21,24)(H,22,23)/t14-/m1/s1.